The van der Waals surface area contributed by atoms with Crippen LogP contribution in [0.1, 0.15) is 11.6 Å². The van der Waals surface area contributed by atoms with Crippen LogP contribution in [0.4, 0.5) is 5.82 Å². The fourth-order valence-electron chi connectivity index (χ4n) is 0.977. The van der Waals surface area contributed by atoms with Gasteiger partial charge in [-0.1, -0.05) is 0 Å². The van der Waals surface area contributed by atoms with Crippen LogP contribution in [0, 0.1) is 0 Å². The molecule has 1 atom stereocenters. The minimum absolute atomic E-state index is 0.117. The molecule has 0 aliphatic rings. The number of nitrogens with one attached hydrogen (secondary N) is 2. The maximum atomic E-state index is 5.58. The molecule has 0 bridgehead atoms. The van der Waals surface area contributed by atoms with Crippen molar-refractivity contribution in [1.29, 1.82) is 0 Å². The van der Waals surface area contributed by atoms with Gasteiger partial charge >= 0.3 is 0 Å². The van der Waals surface area contributed by atoms with E-state index in [1.165, 1.54) is 0 Å². The minimum Gasteiger partial charge on any atom is -0.384 e. The zero-order valence-electron chi connectivity index (χ0n) is 6.87. The molecule has 0 aliphatic carbocycles. The van der Waals surface area contributed by atoms with Crippen molar-refractivity contribution in [2.24, 2.45) is 5.84 Å². The second-order valence-electron chi connectivity index (χ2n) is 2.41. The summed E-state index contributed by atoms with van der Waals surface area (Å²) in [6.07, 6.45) is 1.62. The Morgan fingerprint density at radius 1 is 1.83 bits per heavy atom. The zero-order valence-corrected chi connectivity index (χ0v) is 6.87. The third-order valence-electron chi connectivity index (χ3n) is 1.61. The van der Waals surface area contributed by atoms with Crippen molar-refractivity contribution in [3.63, 3.8) is 0 Å². The zero-order chi connectivity index (χ0) is 8.97. The first-order valence-electron chi connectivity index (χ1n) is 3.53. The van der Waals surface area contributed by atoms with Gasteiger partial charge < -0.3 is 10.5 Å². The van der Waals surface area contributed by atoms with Crippen LogP contribution in [-0.4, -0.2) is 23.9 Å². The summed E-state index contributed by atoms with van der Waals surface area (Å²) < 4.78 is 4.93. The van der Waals surface area contributed by atoms with Gasteiger partial charge in [-0.25, -0.2) is 0 Å². The van der Waals surface area contributed by atoms with Gasteiger partial charge in [0.1, 0.15) is 5.82 Å². The average molecular weight is 171 g/mol. The van der Waals surface area contributed by atoms with Crippen LogP contribution in [-0.2, 0) is 4.74 Å². The SMILES string of the molecule is COCC(NN)c1cn[nH]c1N. The number of aromatic nitrogens is 2. The lowest BCUT2D eigenvalue weighted by Gasteiger charge is -2.12. The first-order chi connectivity index (χ1) is 5.79. The lowest BCUT2D eigenvalue weighted by Crippen LogP contribution is -2.31. The molecule has 6 N–H and O–H groups in total. The highest BCUT2D eigenvalue weighted by molar-refractivity contribution is 5.39. The highest BCUT2D eigenvalue weighted by Gasteiger charge is 2.13. The number of hydrogen-bond donors (Lipinski definition) is 4. The quantitative estimate of drug-likeness (QED) is 0.349. The van der Waals surface area contributed by atoms with E-state index >= 15 is 0 Å². The predicted octanol–water partition coefficient (Wildman–Crippen LogP) is -0.857. The second-order valence-corrected chi connectivity index (χ2v) is 2.41. The smallest absolute Gasteiger partial charge is 0.123 e. The molecule has 6 nitrogen and oxygen atoms in total. The largest absolute Gasteiger partial charge is 0.384 e. The normalized spacial score (nSPS) is 13.2. The molecular weight excluding hydrogens is 158 g/mol. The molecule has 1 aromatic heterocycles. The number of hydrazine groups is 1. The molecule has 0 fully saturated rings. The summed E-state index contributed by atoms with van der Waals surface area (Å²) in [5.41, 5.74) is 8.98. The molecule has 0 spiro atoms. The van der Waals surface area contributed by atoms with Crippen molar-refractivity contribution in [2.45, 2.75) is 6.04 Å². The maximum Gasteiger partial charge on any atom is 0.123 e. The molecule has 0 aromatic carbocycles. The molecule has 0 amide bonds. The number of hydrogen-bond acceptors (Lipinski definition) is 5. The van der Waals surface area contributed by atoms with Gasteiger partial charge in [-0.2, -0.15) is 5.10 Å². The van der Waals surface area contributed by atoms with E-state index in [2.05, 4.69) is 15.6 Å². The van der Waals surface area contributed by atoms with Gasteiger partial charge in [-0.05, 0) is 0 Å². The van der Waals surface area contributed by atoms with Gasteiger partial charge in [-0.3, -0.25) is 16.4 Å². The lowest BCUT2D eigenvalue weighted by molar-refractivity contribution is 0.167. The summed E-state index contributed by atoms with van der Waals surface area (Å²) in [7, 11) is 1.60. The summed E-state index contributed by atoms with van der Waals surface area (Å²) in [5.74, 6) is 5.80. The van der Waals surface area contributed by atoms with Crippen molar-refractivity contribution in [1.82, 2.24) is 15.6 Å². The standard InChI is InChI=1S/C6H13N5O/c1-12-3-5(10-8)4-2-9-11-6(4)7/h2,5,10H,3,8H2,1H3,(H3,7,9,11). The number of aromatic amines is 1. The van der Waals surface area contributed by atoms with Gasteiger partial charge in [0.2, 0.25) is 0 Å². The van der Waals surface area contributed by atoms with Crippen molar-refractivity contribution < 1.29 is 4.74 Å². The number of H-pyrrole nitrogens is 1. The number of nitrogen functional groups attached to an aromatic ring is 1. The van der Waals surface area contributed by atoms with Crippen molar-refractivity contribution in [2.75, 3.05) is 19.5 Å². The van der Waals surface area contributed by atoms with E-state index < -0.39 is 0 Å². The summed E-state index contributed by atoms with van der Waals surface area (Å²) in [4.78, 5) is 0. The van der Waals surface area contributed by atoms with E-state index in [0.717, 1.165) is 5.56 Å². The minimum atomic E-state index is -0.117. The Morgan fingerprint density at radius 3 is 3.00 bits per heavy atom. The molecule has 0 saturated heterocycles. The molecule has 0 aliphatic heterocycles. The van der Waals surface area contributed by atoms with Crippen LogP contribution in [0.2, 0.25) is 0 Å². The Balaban J connectivity index is 2.72. The Morgan fingerprint density at radius 2 is 2.58 bits per heavy atom. The molecule has 0 radical (unpaired) electrons. The third kappa shape index (κ3) is 1.73. The molecule has 0 saturated carbocycles. The van der Waals surface area contributed by atoms with Crippen LogP contribution in [0.5, 0.6) is 0 Å². The van der Waals surface area contributed by atoms with E-state index in [4.69, 9.17) is 16.3 Å². The molecule has 1 heterocycles. The number of methoxy groups -OCH3 is 1. The first-order valence-corrected chi connectivity index (χ1v) is 3.53. The van der Waals surface area contributed by atoms with Gasteiger partial charge in [0.25, 0.3) is 0 Å². The Hall–Kier alpha value is -1.11. The number of ether oxygens (including phenoxy) is 1. The van der Waals surface area contributed by atoms with Crippen LogP contribution < -0.4 is 17.0 Å². The van der Waals surface area contributed by atoms with Crippen LogP contribution in [0.25, 0.3) is 0 Å². The topological polar surface area (TPSA) is 102 Å². The Bertz CT molecular complexity index is 236. The van der Waals surface area contributed by atoms with Crippen molar-refractivity contribution in [3.8, 4) is 0 Å². The third-order valence-corrected chi connectivity index (χ3v) is 1.61. The van der Waals surface area contributed by atoms with Crippen LogP contribution in [0.3, 0.4) is 0 Å². The number of nitrogens with two attached hydrogens (primary N) is 2. The average Bonchev–Trinajstić information content (AvgIpc) is 2.47. The van der Waals surface area contributed by atoms with Crippen molar-refractivity contribution >= 4 is 5.82 Å². The lowest BCUT2D eigenvalue weighted by atomic mass is 10.2. The number of rotatable bonds is 4. The Labute approximate surface area is 70.2 Å². The number of nitrogens with zero attached hydrogens (tertiary/aromatic N) is 1. The van der Waals surface area contributed by atoms with E-state index in [1.54, 1.807) is 13.3 Å². The highest BCUT2D eigenvalue weighted by atomic mass is 16.5. The molecule has 1 unspecified atom stereocenters. The first kappa shape index (κ1) is 8.98. The molecule has 6 heteroatoms. The summed E-state index contributed by atoms with van der Waals surface area (Å²) in [6, 6.07) is -0.117. The van der Waals surface area contributed by atoms with Gasteiger partial charge in [0.05, 0.1) is 18.8 Å². The second kappa shape index (κ2) is 4.05. The molecule has 1 rings (SSSR count). The van der Waals surface area contributed by atoms with Gasteiger partial charge in [-0.15, -0.1) is 0 Å². The van der Waals surface area contributed by atoms with E-state index in [-0.39, 0.29) is 6.04 Å². The fourth-order valence-corrected chi connectivity index (χ4v) is 0.977. The van der Waals surface area contributed by atoms with Crippen LogP contribution in [0.15, 0.2) is 6.20 Å². The van der Waals surface area contributed by atoms with E-state index in [0.29, 0.717) is 12.4 Å². The molecule has 1 aromatic rings. The van der Waals surface area contributed by atoms with Crippen LogP contribution >= 0.6 is 0 Å². The monoisotopic (exact) mass is 171 g/mol. The van der Waals surface area contributed by atoms with Gasteiger partial charge in [0, 0.05) is 12.7 Å². The molecular formula is C6H13N5O. The highest BCUT2D eigenvalue weighted by Crippen LogP contribution is 2.16. The Kier molecular flexibility index (Phi) is 3.03. The predicted molar refractivity (Wildman–Crippen MR) is 44.9 cm³/mol. The summed E-state index contributed by atoms with van der Waals surface area (Å²) >= 11 is 0. The number of anilines is 1. The van der Waals surface area contributed by atoms with Gasteiger partial charge in [0.15, 0.2) is 0 Å². The molecule has 12 heavy (non-hydrogen) atoms. The van der Waals surface area contributed by atoms with E-state index in [9.17, 15) is 0 Å². The summed E-state index contributed by atoms with van der Waals surface area (Å²) in [5, 5.41) is 6.39. The summed E-state index contributed by atoms with van der Waals surface area (Å²) in [6.45, 7) is 0.459. The van der Waals surface area contributed by atoms with Crippen molar-refractivity contribution in [3.05, 3.63) is 11.8 Å². The molecule has 68 valence electrons. The fraction of sp³-hybridized carbons (Fsp3) is 0.500. The maximum absolute atomic E-state index is 5.58. The van der Waals surface area contributed by atoms with E-state index in [1.807, 2.05) is 0 Å².